The third-order valence-corrected chi connectivity index (χ3v) is 2.98. The minimum absolute atomic E-state index is 0.105. The molecule has 1 fully saturated rings. The first-order valence-corrected chi connectivity index (χ1v) is 5.80. The summed E-state index contributed by atoms with van der Waals surface area (Å²) in [6.45, 7) is 1.65. The van der Waals surface area contributed by atoms with E-state index in [0.29, 0.717) is 17.3 Å². The summed E-state index contributed by atoms with van der Waals surface area (Å²) in [6, 6.07) is 1.78. The van der Waals surface area contributed by atoms with Gasteiger partial charge in [0, 0.05) is 30.9 Å². The van der Waals surface area contributed by atoms with Gasteiger partial charge in [0.15, 0.2) is 5.82 Å². The number of aromatic amines is 1. The second kappa shape index (κ2) is 4.26. The van der Waals surface area contributed by atoms with E-state index in [9.17, 15) is 5.11 Å². The van der Waals surface area contributed by atoms with Crippen LogP contribution in [0.4, 0.5) is 5.95 Å². The highest BCUT2D eigenvalue weighted by molar-refractivity contribution is 5.56. The fraction of sp³-hybridized carbons (Fsp3) is 0.364. The first kappa shape index (κ1) is 11.0. The number of anilines is 1. The second-order valence-electron chi connectivity index (χ2n) is 4.41. The molecule has 1 atom stereocenters. The molecule has 0 radical (unpaired) electrons. The molecule has 7 heteroatoms. The van der Waals surface area contributed by atoms with Crippen LogP contribution in [0.3, 0.4) is 0 Å². The molecule has 4 N–H and O–H groups in total. The Kier molecular flexibility index (Phi) is 2.60. The molecule has 7 nitrogen and oxygen atoms in total. The Morgan fingerprint density at radius 3 is 3.06 bits per heavy atom. The van der Waals surface area contributed by atoms with E-state index >= 15 is 0 Å². The summed E-state index contributed by atoms with van der Waals surface area (Å²) in [5, 5.41) is 16.4. The number of nitrogens with one attached hydrogen (secondary N) is 1. The molecule has 1 aliphatic heterocycles. The van der Waals surface area contributed by atoms with Crippen LogP contribution in [-0.2, 0) is 0 Å². The Balaban J connectivity index is 1.85. The summed E-state index contributed by atoms with van der Waals surface area (Å²) in [5.74, 6) is 1.34. The maximum Gasteiger partial charge on any atom is 0.245 e. The van der Waals surface area contributed by atoms with E-state index in [1.54, 1.807) is 12.3 Å². The van der Waals surface area contributed by atoms with Crippen LogP contribution in [0, 0.1) is 0 Å². The van der Waals surface area contributed by atoms with Gasteiger partial charge in [-0.05, 0) is 12.5 Å². The summed E-state index contributed by atoms with van der Waals surface area (Å²) in [7, 11) is 0. The molecule has 0 saturated carbocycles. The lowest BCUT2D eigenvalue weighted by Gasteiger charge is -2.11. The van der Waals surface area contributed by atoms with Crippen molar-refractivity contribution >= 4 is 5.95 Å². The van der Waals surface area contributed by atoms with E-state index in [4.69, 9.17) is 5.73 Å². The van der Waals surface area contributed by atoms with E-state index in [-0.39, 0.29) is 11.8 Å². The fourth-order valence-corrected chi connectivity index (χ4v) is 2.05. The normalized spacial score (nSPS) is 19.4. The molecule has 1 saturated heterocycles. The lowest BCUT2D eigenvalue weighted by molar-refractivity contribution is 0.473. The predicted octanol–water partition coefficient (Wildman–Crippen LogP) is 0.110. The molecule has 0 spiro atoms. The third-order valence-electron chi connectivity index (χ3n) is 2.98. The molecular weight excluding hydrogens is 232 g/mol. The monoisotopic (exact) mass is 246 g/mol. The number of hydrogen-bond acceptors (Lipinski definition) is 6. The summed E-state index contributed by atoms with van der Waals surface area (Å²) < 4.78 is 0. The quantitative estimate of drug-likeness (QED) is 0.694. The Morgan fingerprint density at radius 2 is 2.33 bits per heavy atom. The van der Waals surface area contributed by atoms with Gasteiger partial charge in [-0.25, -0.2) is 0 Å². The number of aromatic hydroxyl groups is 1. The molecule has 2 aromatic heterocycles. The molecule has 0 amide bonds. The molecule has 0 bridgehead atoms. The first-order chi connectivity index (χ1) is 8.72. The highest BCUT2D eigenvalue weighted by Gasteiger charge is 2.22. The highest BCUT2D eigenvalue weighted by atomic mass is 16.3. The van der Waals surface area contributed by atoms with Crippen LogP contribution in [0.1, 0.15) is 6.42 Å². The van der Waals surface area contributed by atoms with Crippen molar-refractivity contribution in [1.82, 2.24) is 20.2 Å². The smallest absolute Gasteiger partial charge is 0.245 e. The van der Waals surface area contributed by atoms with Gasteiger partial charge in [0.05, 0.1) is 6.20 Å². The van der Waals surface area contributed by atoms with Crippen LogP contribution in [-0.4, -0.2) is 44.4 Å². The largest absolute Gasteiger partial charge is 0.506 e. The lowest BCUT2D eigenvalue weighted by atomic mass is 10.3. The van der Waals surface area contributed by atoms with E-state index in [1.165, 1.54) is 6.20 Å². The molecular formula is C11H14N6O. The molecule has 94 valence electrons. The van der Waals surface area contributed by atoms with Crippen LogP contribution in [0.5, 0.6) is 5.75 Å². The van der Waals surface area contributed by atoms with Gasteiger partial charge in [-0.1, -0.05) is 0 Å². The van der Waals surface area contributed by atoms with Crippen molar-refractivity contribution in [3.63, 3.8) is 0 Å². The van der Waals surface area contributed by atoms with Gasteiger partial charge in [-0.3, -0.25) is 10.1 Å². The Labute approximate surface area is 104 Å². The zero-order chi connectivity index (χ0) is 12.5. The van der Waals surface area contributed by atoms with E-state index in [1.807, 2.05) is 4.90 Å². The van der Waals surface area contributed by atoms with Crippen LogP contribution in [0.2, 0.25) is 0 Å². The third kappa shape index (κ3) is 2.00. The molecule has 0 aromatic carbocycles. The van der Waals surface area contributed by atoms with Crippen LogP contribution < -0.4 is 10.6 Å². The summed E-state index contributed by atoms with van der Waals surface area (Å²) in [5.41, 5.74) is 6.56. The number of hydrogen-bond donors (Lipinski definition) is 3. The zero-order valence-electron chi connectivity index (χ0n) is 9.74. The van der Waals surface area contributed by atoms with Crippen LogP contribution in [0.15, 0.2) is 18.5 Å². The Hall–Kier alpha value is -2.15. The van der Waals surface area contributed by atoms with Gasteiger partial charge in [0.1, 0.15) is 5.75 Å². The average Bonchev–Trinajstić information content (AvgIpc) is 2.97. The minimum Gasteiger partial charge on any atom is -0.506 e. The number of rotatable bonds is 2. The SMILES string of the molecule is NC1CCN(c2n[nH]c(-c3cncc(O)c3)n2)C1. The van der Waals surface area contributed by atoms with Gasteiger partial charge in [0.25, 0.3) is 0 Å². The summed E-state index contributed by atoms with van der Waals surface area (Å²) in [6.07, 6.45) is 3.96. The lowest BCUT2D eigenvalue weighted by Crippen LogP contribution is -2.26. The first-order valence-electron chi connectivity index (χ1n) is 5.80. The predicted molar refractivity (Wildman–Crippen MR) is 66.1 cm³/mol. The van der Waals surface area contributed by atoms with Crippen molar-refractivity contribution in [2.45, 2.75) is 12.5 Å². The van der Waals surface area contributed by atoms with Gasteiger partial charge in [0.2, 0.25) is 5.95 Å². The van der Waals surface area contributed by atoms with Crippen LogP contribution in [0.25, 0.3) is 11.4 Å². The molecule has 2 aromatic rings. The van der Waals surface area contributed by atoms with Gasteiger partial charge < -0.3 is 15.7 Å². The fourth-order valence-electron chi connectivity index (χ4n) is 2.05. The molecule has 3 heterocycles. The molecule has 0 aliphatic carbocycles. The number of nitrogens with zero attached hydrogens (tertiary/aromatic N) is 4. The van der Waals surface area contributed by atoms with Crippen molar-refractivity contribution in [1.29, 1.82) is 0 Å². The molecule has 18 heavy (non-hydrogen) atoms. The van der Waals surface area contributed by atoms with Crippen molar-refractivity contribution < 1.29 is 5.11 Å². The Bertz CT molecular complexity index is 554. The highest BCUT2D eigenvalue weighted by Crippen LogP contribution is 2.21. The number of H-pyrrole nitrogens is 1. The zero-order valence-corrected chi connectivity index (χ0v) is 9.74. The Morgan fingerprint density at radius 1 is 1.44 bits per heavy atom. The maximum absolute atomic E-state index is 9.38. The van der Waals surface area contributed by atoms with E-state index in [0.717, 1.165) is 19.5 Å². The number of pyridine rings is 1. The minimum atomic E-state index is 0.105. The van der Waals surface area contributed by atoms with E-state index in [2.05, 4.69) is 20.2 Å². The summed E-state index contributed by atoms with van der Waals surface area (Å²) in [4.78, 5) is 10.3. The van der Waals surface area contributed by atoms with Gasteiger partial charge in [-0.2, -0.15) is 4.98 Å². The second-order valence-corrected chi connectivity index (χ2v) is 4.41. The molecule has 3 rings (SSSR count). The average molecular weight is 246 g/mol. The van der Waals surface area contributed by atoms with Crippen molar-refractivity contribution in [2.24, 2.45) is 5.73 Å². The van der Waals surface area contributed by atoms with Crippen LogP contribution >= 0.6 is 0 Å². The standard InChI is InChI=1S/C11H14N6O/c12-8-1-2-17(6-8)11-14-10(15-16-11)7-3-9(18)5-13-4-7/h3-5,8,18H,1-2,6,12H2,(H,14,15,16). The molecule has 1 unspecified atom stereocenters. The molecule has 1 aliphatic rings. The topological polar surface area (TPSA) is 104 Å². The number of nitrogens with two attached hydrogens (primary N) is 1. The summed E-state index contributed by atoms with van der Waals surface area (Å²) >= 11 is 0. The number of aromatic nitrogens is 4. The van der Waals surface area contributed by atoms with Gasteiger partial charge >= 0.3 is 0 Å². The van der Waals surface area contributed by atoms with Crippen molar-refractivity contribution in [3.05, 3.63) is 18.5 Å². The van der Waals surface area contributed by atoms with Gasteiger partial charge in [-0.15, -0.1) is 5.10 Å². The van der Waals surface area contributed by atoms with E-state index < -0.39 is 0 Å². The van der Waals surface area contributed by atoms with Crippen molar-refractivity contribution in [3.8, 4) is 17.1 Å². The van der Waals surface area contributed by atoms with Crippen molar-refractivity contribution in [2.75, 3.05) is 18.0 Å². The maximum atomic E-state index is 9.38.